The van der Waals surface area contributed by atoms with Gasteiger partial charge in [-0.25, -0.2) is 0 Å². The molecule has 0 aliphatic heterocycles. The molecule has 3 nitrogen and oxygen atoms in total. The minimum atomic E-state index is -1.77. The summed E-state index contributed by atoms with van der Waals surface area (Å²) in [4.78, 5) is 0. The fraction of sp³-hybridized carbons (Fsp3) is 1.00. The zero-order valence-electron chi connectivity index (χ0n) is 32.1. The van der Waals surface area contributed by atoms with Crippen LogP contribution in [-0.2, 0) is 119 Å². The first-order chi connectivity index (χ1) is 21.9. The Morgan fingerprint density at radius 2 is 0.354 bits per heavy atom. The van der Waals surface area contributed by atoms with E-state index in [0.29, 0.717) is 0 Å². The van der Waals surface area contributed by atoms with E-state index in [1.54, 1.807) is 0 Å². The summed E-state index contributed by atoms with van der Waals surface area (Å²) >= 11 is 23.2. The Labute approximate surface area is 382 Å². The average molecular weight is 1030 g/mol. The molecule has 0 aromatic heterocycles. The Morgan fingerprint density at radius 1 is 0.292 bits per heavy atom. The Hall–Kier alpha value is 5.47. The van der Waals surface area contributed by atoms with Crippen LogP contribution in [0.15, 0.2) is 0 Å². The van der Waals surface area contributed by atoms with Gasteiger partial charge in [-0.1, -0.05) is 0 Å². The maximum atomic E-state index is 4.95. The van der Waals surface area contributed by atoms with Gasteiger partial charge in [-0.05, 0) is 83.1 Å². The van der Waals surface area contributed by atoms with E-state index in [1.807, 2.05) is 0 Å². The van der Waals surface area contributed by atoms with E-state index in [4.69, 9.17) is 59.1 Å². The third-order valence-corrected chi connectivity index (χ3v) is 10.3. The minimum absolute atomic E-state index is 0. The third-order valence-electron chi connectivity index (χ3n) is 8.30. The molecule has 0 N–H and O–H groups in total. The topological polar surface area (TPSA) is 0 Å². The summed E-state index contributed by atoms with van der Waals surface area (Å²) in [6.07, 6.45) is 0. The summed E-state index contributed by atoms with van der Waals surface area (Å²) in [5.74, 6) is 4.31. The predicted octanol–water partition coefficient (Wildman–Crippen LogP) is 10.0. The second kappa shape index (κ2) is 61.7. The van der Waals surface area contributed by atoms with E-state index in [-0.39, 0.29) is 18.6 Å². The van der Waals surface area contributed by atoms with Gasteiger partial charge >= 0.3 is 83.7 Å². The molecule has 0 saturated carbocycles. The van der Waals surface area contributed by atoms with Gasteiger partial charge in [-0.2, -0.15) is 34.5 Å². The second-order valence-electron chi connectivity index (χ2n) is 9.43. The molecular weight excluding hydrogens is 960 g/mol. The fourth-order valence-electron chi connectivity index (χ4n) is 4.02. The fourth-order valence-corrected chi connectivity index (χ4v) is 4.02. The Kier molecular flexibility index (Phi) is 95.7. The van der Waals surface area contributed by atoms with Crippen LogP contribution in [0.5, 0.6) is 0 Å². The van der Waals surface area contributed by atoms with E-state index in [2.05, 4.69) is 159 Å². The molecule has 0 bridgehead atoms. The summed E-state index contributed by atoms with van der Waals surface area (Å²) in [6.45, 7) is 42.7. The minimum Gasteiger partial charge on any atom is -0.794 e. The molecular formula is C30H72Cl6N3S6V3-3. The summed E-state index contributed by atoms with van der Waals surface area (Å²) < 4.78 is 3.83. The van der Waals surface area contributed by atoms with Crippen LogP contribution in [0.2, 0.25) is 0 Å². The molecule has 0 aromatic rings. The van der Waals surface area contributed by atoms with Crippen LogP contribution in [0.25, 0.3) is 0 Å². The molecule has 0 fully saturated rings. The van der Waals surface area contributed by atoms with Gasteiger partial charge in [0.1, 0.15) is 0 Å². The number of hydrogen-bond donors (Lipinski definition) is 0. The maximum Gasteiger partial charge on any atom is 0 e. The molecule has 0 spiro atoms. The van der Waals surface area contributed by atoms with Gasteiger partial charge in [-0.15, -0.1) is 0 Å². The van der Waals surface area contributed by atoms with Crippen molar-refractivity contribution in [3.8, 4) is 0 Å². The van der Waals surface area contributed by atoms with E-state index >= 15 is 0 Å². The standard InChI is InChI=1S/3C8H20N.3C2H6S2.6ClH.3V/c3*1-5-9(6-2,7-3)8-4;3*3-1-2-4;;;;;;;;;/h3*5-8H2,1-4H3;3*3-4H,1-2H2;6*1H;;;/q3*+1;;;;;;;;;;;2*+3/p-12. The van der Waals surface area contributed by atoms with Crippen molar-refractivity contribution in [3.63, 3.8) is 0 Å². The van der Waals surface area contributed by atoms with Crippen LogP contribution in [0.1, 0.15) is 83.1 Å². The molecule has 1 radical (unpaired) electrons. The summed E-state index contributed by atoms with van der Waals surface area (Å²) in [6, 6.07) is 0. The molecule has 0 unspecified atom stereocenters. The maximum absolute atomic E-state index is 4.95. The number of quaternary nitrogens is 3. The summed E-state index contributed by atoms with van der Waals surface area (Å²) in [5.41, 5.74) is 0. The molecule has 303 valence electrons. The van der Waals surface area contributed by atoms with Crippen molar-refractivity contribution in [2.45, 2.75) is 83.1 Å². The Bertz CT molecular complexity index is 384. The van der Waals surface area contributed by atoms with Crippen molar-refractivity contribution in [1.82, 2.24) is 0 Å². The molecule has 0 aliphatic rings. The Morgan fingerprint density at radius 3 is 0.354 bits per heavy atom. The largest absolute Gasteiger partial charge is 0.794 e. The quantitative estimate of drug-likeness (QED) is 0.118. The molecule has 0 rings (SSSR count). The summed E-state index contributed by atoms with van der Waals surface area (Å²) in [5, 5.41) is 0. The van der Waals surface area contributed by atoms with E-state index < -0.39 is 24.6 Å². The summed E-state index contributed by atoms with van der Waals surface area (Å²) in [7, 11) is 29.7. The van der Waals surface area contributed by atoms with Gasteiger partial charge in [0, 0.05) is 18.6 Å². The monoisotopic (exact) mass is 1030 g/mol. The molecule has 0 aliphatic carbocycles. The van der Waals surface area contributed by atoms with Gasteiger partial charge in [0.15, 0.2) is 0 Å². The molecule has 0 atom stereocenters. The zero-order chi connectivity index (χ0) is 39.4. The van der Waals surface area contributed by atoms with Gasteiger partial charge in [0.05, 0.1) is 78.5 Å². The first-order valence-electron chi connectivity index (χ1n) is 16.5. The number of hydrogen-bond acceptors (Lipinski definition) is 6. The van der Waals surface area contributed by atoms with Crippen LogP contribution in [0, 0.1) is 0 Å². The van der Waals surface area contributed by atoms with E-state index in [1.165, 1.54) is 92.0 Å². The van der Waals surface area contributed by atoms with Crippen LogP contribution in [-0.4, -0.2) is 127 Å². The van der Waals surface area contributed by atoms with Crippen molar-refractivity contribution in [3.05, 3.63) is 0 Å². The molecule has 18 heteroatoms. The van der Waals surface area contributed by atoms with Gasteiger partial charge in [0.25, 0.3) is 0 Å². The normalized spacial score (nSPS) is 10.1. The zero-order valence-corrected chi connectivity index (χ0v) is 45.8. The van der Waals surface area contributed by atoms with Gasteiger partial charge < -0.3 is 89.2 Å². The van der Waals surface area contributed by atoms with Crippen LogP contribution < -0.4 is 0 Å². The predicted molar refractivity (Wildman–Crippen MR) is 236 cm³/mol. The van der Waals surface area contributed by atoms with E-state index in [9.17, 15) is 0 Å². The molecule has 48 heavy (non-hydrogen) atoms. The Balaban J connectivity index is -0.0000000533. The third kappa shape index (κ3) is 66.3. The van der Waals surface area contributed by atoms with Crippen LogP contribution in [0.3, 0.4) is 0 Å². The number of rotatable bonds is 15. The van der Waals surface area contributed by atoms with Crippen LogP contribution in [0.4, 0.5) is 0 Å². The van der Waals surface area contributed by atoms with Crippen LogP contribution >= 0.6 is 59.1 Å². The van der Waals surface area contributed by atoms with Crippen molar-refractivity contribution in [2.24, 2.45) is 0 Å². The van der Waals surface area contributed by atoms with Gasteiger partial charge in [0.2, 0.25) is 0 Å². The number of halogens is 6. The SMILES string of the molecule is CC[N+](CC)(CC)CC.CC[N+](CC)(CC)CC.CC[N+](CC)(CC)CC.[Cl][V]([Cl])[Cl].[Cl][V]([Cl])[Cl].[S-]CC[S-].[S-]CC[S-].[S-]CC[S-].[V]. The molecule has 0 saturated heterocycles. The second-order valence-corrected chi connectivity index (χ2v) is 25.7. The molecule has 0 aromatic carbocycles. The van der Waals surface area contributed by atoms with Crippen molar-refractivity contribution in [1.29, 1.82) is 0 Å². The first kappa shape index (κ1) is 74.4. The van der Waals surface area contributed by atoms with Crippen molar-refractivity contribution < 1.29 is 56.6 Å². The molecule has 0 heterocycles. The van der Waals surface area contributed by atoms with E-state index in [0.717, 1.165) is 34.5 Å². The van der Waals surface area contributed by atoms with Crippen molar-refractivity contribution >= 4 is 135 Å². The first-order valence-corrected chi connectivity index (χ1v) is 31.5. The molecule has 0 amide bonds. The van der Waals surface area contributed by atoms with Crippen molar-refractivity contribution in [2.75, 3.05) is 113 Å². The number of nitrogens with zero attached hydrogens (tertiary/aromatic N) is 3. The van der Waals surface area contributed by atoms with Gasteiger partial charge in [-0.3, -0.25) is 0 Å². The average Bonchev–Trinajstić information content (AvgIpc) is 3.09. The smallest absolute Gasteiger partial charge is 0 e.